The van der Waals surface area contributed by atoms with Crippen molar-refractivity contribution in [2.45, 2.75) is 20.8 Å². The fraction of sp³-hybridized carbons (Fsp3) is 0.176. The highest BCUT2D eigenvalue weighted by Crippen LogP contribution is 2.35. The molecule has 26 heavy (non-hydrogen) atoms. The zero-order valence-corrected chi connectivity index (χ0v) is 17.7. The van der Waals surface area contributed by atoms with Gasteiger partial charge in [-0.1, -0.05) is 23.5 Å². The van der Waals surface area contributed by atoms with Crippen molar-refractivity contribution < 1.29 is 9.59 Å². The number of Topliss-reactive ketones (excluding diaryl/α,β-unsaturated/α-hetero) is 1. The average molecular weight is 453 g/mol. The van der Waals surface area contributed by atoms with Crippen LogP contribution in [0.4, 0.5) is 16.0 Å². The Morgan fingerprint density at radius 3 is 2.58 bits per heavy atom. The van der Waals surface area contributed by atoms with Crippen LogP contribution in [0.1, 0.15) is 29.9 Å². The fourth-order valence-corrected chi connectivity index (χ4v) is 3.98. The van der Waals surface area contributed by atoms with Gasteiger partial charge in [0.1, 0.15) is 0 Å². The number of nitrogens with zero attached hydrogens (tertiary/aromatic N) is 2. The molecule has 2 N–H and O–H groups in total. The summed E-state index contributed by atoms with van der Waals surface area (Å²) in [7, 11) is 0. The van der Waals surface area contributed by atoms with E-state index in [1.54, 1.807) is 19.1 Å². The second-order valence-electron chi connectivity index (χ2n) is 5.41. The van der Waals surface area contributed by atoms with E-state index in [1.165, 1.54) is 29.6 Å². The van der Waals surface area contributed by atoms with Crippen molar-refractivity contribution in [1.29, 1.82) is 0 Å². The summed E-state index contributed by atoms with van der Waals surface area (Å²) in [5.41, 5.74) is 3.10. The summed E-state index contributed by atoms with van der Waals surface area (Å²) in [5, 5.41) is 9.15. The Morgan fingerprint density at radius 2 is 1.88 bits per heavy atom. The van der Waals surface area contributed by atoms with Crippen molar-refractivity contribution in [3.05, 3.63) is 40.9 Å². The molecule has 0 saturated heterocycles. The van der Waals surface area contributed by atoms with Crippen LogP contribution in [0.5, 0.6) is 0 Å². The zero-order valence-electron chi connectivity index (χ0n) is 14.3. The number of benzene rings is 1. The van der Waals surface area contributed by atoms with Crippen LogP contribution in [0.25, 0.3) is 10.6 Å². The number of aryl methyl sites for hydroxylation is 1. The van der Waals surface area contributed by atoms with Crippen molar-refractivity contribution in [3.8, 4) is 10.6 Å². The van der Waals surface area contributed by atoms with Crippen molar-refractivity contribution in [1.82, 2.24) is 9.97 Å². The minimum absolute atomic E-state index is 0. The van der Waals surface area contributed by atoms with Crippen LogP contribution < -0.4 is 10.6 Å². The number of amides is 1. The highest BCUT2D eigenvalue weighted by molar-refractivity contribution is 8.93. The molecule has 2 heterocycles. The predicted octanol–water partition coefficient (Wildman–Crippen LogP) is 5.06. The number of halogens is 1. The largest absolute Gasteiger partial charge is 0.332 e. The third kappa shape index (κ3) is 4.75. The normalized spacial score (nSPS) is 10.1. The molecule has 0 bridgehead atoms. The fourth-order valence-electron chi connectivity index (χ4n) is 2.21. The summed E-state index contributed by atoms with van der Waals surface area (Å²) < 4.78 is 0. The van der Waals surface area contributed by atoms with Gasteiger partial charge in [-0.15, -0.1) is 28.3 Å². The van der Waals surface area contributed by atoms with E-state index in [-0.39, 0.29) is 28.7 Å². The van der Waals surface area contributed by atoms with Gasteiger partial charge in [-0.25, -0.2) is 9.97 Å². The summed E-state index contributed by atoms with van der Waals surface area (Å²) in [4.78, 5) is 32.5. The molecule has 0 saturated carbocycles. The molecule has 0 aliphatic carbocycles. The minimum atomic E-state index is -0.147. The molecule has 0 fully saturated rings. The van der Waals surface area contributed by atoms with E-state index < -0.39 is 0 Å². The maximum Gasteiger partial charge on any atom is 0.223 e. The van der Waals surface area contributed by atoms with Crippen LogP contribution >= 0.6 is 39.7 Å². The maximum absolute atomic E-state index is 11.5. The van der Waals surface area contributed by atoms with Crippen molar-refractivity contribution in [2.75, 3.05) is 10.6 Å². The number of hydrogen-bond acceptors (Lipinski definition) is 7. The molecule has 0 spiro atoms. The standard InChI is InChI=1S/C17H16N4O2S2.BrH/c1-9-15(25-17(18-9)19-11(3)23)14-8-24-16(21-14)20-13-6-4-5-12(7-13)10(2)22;/h4-8H,1-3H3,(H,20,21)(H,18,19,23);1H. The number of aromatic nitrogens is 2. The molecule has 0 aliphatic heterocycles. The Labute approximate surface area is 169 Å². The van der Waals surface area contributed by atoms with Gasteiger partial charge in [-0.05, 0) is 26.0 Å². The highest BCUT2D eigenvalue weighted by atomic mass is 79.9. The molecular formula is C17H17BrN4O2S2. The van der Waals surface area contributed by atoms with Crippen LogP contribution in [-0.4, -0.2) is 21.7 Å². The van der Waals surface area contributed by atoms with E-state index in [9.17, 15) is 9.59 Å². The molecule has 3 aromatic rings. The van der Waals surface area contributed by atoms with Crippen LogP contribution in [0, 0.1) is 6.92 Å². The molecule has 136 valence electrons. The van der Waals surface area contributed by atoms with Gasteiger partial charge < -0.3 is 10.6 Å². The molecule has 0 unspecified atom stereocenters. The summed E-state index contributed by atoms with van der Waals surface area (Å²) in [6.45, 7) is 4.89. The van der Waals surface area contributed by atoms with E-state index in [1.807, 2.05) is 24.4 Å². The lowest BCUT2D eigenvalue weighted by atomic mass is 10.1. The molecule has 3 rings (SSSR count). The number of nitrogens with one attached hydrogen (secondary N) is 2. The average Bonchev–Trinajstić information content (AvgIpc) is 3.13. The lowest BCUT2D eigenvalue weighted by Gasteiger charge is -2.03. The van der Waals surface area contributed by atoms with Gasteiger partial charge in [0.25, 0.3) is 0 Å². The van der Waals surface area contributed by atoms with Crippen LogP contribution in [-0.2, 0) is 4.79 Å². The van der Waals surface area contributed by atoms with Gasteiger partial charge in [-0.2, -0.15) is 0 Å². The van der Waals surface area contributed by atoms with E-state index in [2.05, 4.69) is 20.6 Å². The zero-order chi connectivity index (χ0) is 18.0. The van der Waals surface area contributed by atoms with Crippen LogP contribution in [0.15, 0.2) is 29.6 Å². The minimum Gasteiger partial charge on any atom is -0.332 e. The number of thiazole rings is 2. The first-order chi connectivity index (χ1) is 11.9. The number of carbonyl (C=O) groups excluding carboxylic acids is 2. The topological polar surface area (TPSA) is 84.0 Å². The molecule has 1 amide bonds. The van der Waals surface area contributed by atoms with E-state index >= 15 is 0 Å². The number of rotatable bonds is 5. The molecule has 2 aromatic heterocycles. The number of hydrogen-bond donors (Lipinski definition) is 2. The smallest absolute Gasteiger partial charge is 0.223 e. The second-order valence-corrected chi connectivity index (χ2v) is 7.27. The SMILES string of the molecule is Br.CC(=O)Nc1nc(C)c(-c2csc(Nc3cccc(C(C)=O)c3)n2)s1. The van der Waals surface area contributed by atoms with Gasteiger partial charge in [0.15, 0.2) is 16.0 Å². The Balaban J connectivity index is 0.00000243. The van der Waals surface area contributed by atoms with Gasteiger partial charge >= 0.3 is 0 Å². The lowest BCUT2D eigenvalue weighted by molar-refractivity contribution is -0.114. The van der Waals surface area contributed by atoms with E-state index in [4.69, 9.17) is 0 Å². The maximum atomic E-state index is 11.5. The van der Waals surface area contributed by atoms with Crippen molar-refractivity contribution in [2.24, 2.45) is 0 Å². The summed E-state index contributed by atoms with van der Waals surface area (Å²) in [6.07, 6.45) is 0. The third-order valence-electron chi connectivity index (χ3n) is 3.34. The van der Waals surface area contributed by atoms with Gasteiger partial charge in [-0.3, -0.25) is 9.59 Å². The number of carbonyl (C=O) groups is 2. The first-order valence-electron chi connectivity index (χ1n) is 7.51. The number of ketones is 1. The molecule has 0 atom stereocenters. The molecular weight excluding hydrogens is 436 g/mol. The summed E-state index contributed by atoms with van der Waals surface area (Å²) in [5.74, 6) is -0.124. The number of anilines is 3. The molecule has 6 nitrogen and oxygen atoms in total. The Morgan fingerprint density at radius 1 is 1.12 bits per heavy atom. The second kappa shape index (κ2) is 8.52. The summed E-state index contributed by atoms with van der Waals surface area (Å²) in [6, 6.07) is 7.31. The molecule has 1 aromatic carbocycles. The van der Waals surface area contributed by atoms with E-state index in [0.29, 0.717) is 10.7 Å². The first-order valence-corrected chi connectivity index (χ1v) is 9.21. The highest BCUT2D eigenvalue weighted by Gasteiger charge is 2.14. The molecule has 9 heteroatoms. The monoisotopic (exact) mass is 452 g/mol. The lowest BCUT2D eigenvalue weighted by Crippen LogP contribution is -2.04. The van der Waals surface area contributed by atoms with Crippen molar-refractivity contribution in [3.63, 3.8) is 0 Å². The predicted molar refractivity (Wildman–Crippen MR) is 112 cm³/mol. The van der Waals surface area contributed by atoms with Gasteiger partial charge in [0, 0.05) is 23.6 Å². The Hall–Kier alpha value is -2.10. The van der Waals surface area contributed by atoms with Crippen molar-refractivity contribution >= 4 is 67.3 Å². The van der Waals surface area contributed by atoms with Crippen LogP contribution in [0.2, 0.25) is 0 Å². The van der Waals surface area contributed by atoms with E-state index in [0.717, 1.165) is 27.1 Å². The Bertz CT molecular complexity index is 952. The molecule has 0 aliphatic rings. The first kappa shape index (κ1) is 20.2. The summed E-state index contributed by atoms with van der Waals surface area (Å²) >= 11 is 2.87. The van der Waals surface area contributed by atoms with Crippen LogP contribution in [0.3, 0.4) is 0 Å². The van der Waals surface area contributed by atoms with Gasteiger partial charge in [0.05, 0.1) is 16.3 Å². The Kier molecular flexibility index (Phi) is 6.63. The van der Waals surface area contributed by atoms with Gasteiger partial charge in [0.2, 0.25) is 5.91 Å². The quantitative estimate of drug-likeness (QED) is 0.528. The molecule has 0 radical (unpaired) electrons. The third-order valence-corrected chi connectivity index (χ3v) is 5.19.